The molecule has 0 saturated carbocycles. The highest BCUT2D eigenvalue weighted by Crippen LogP contribution is 2.22. The lowest BCUT2D eigenvalue weighted by atomic mass is 9.94. The van der Waals surface area contributed by atoms with Gasteiger partial charge < -0.3 is 4.84 Å². The molecule has 0 spiro atoms. The third-order valence-corrected chi connectivity index (χ3v) is 2.86. The molecule has 16 heavy (non-hydrogen) atoms. The lowest BCUT2D eigenvalue weighted by Crippen LogP contribution is -2.65. The van der Waals surface area contributed by atoms with Crippen molar-refractivity contribution in [1.82, 2.24) is 4.90 Å². The van der Waals surface area contributed by atoms with Gasteiger partial charge in [0.25, 0.3) is 0 Å². The molecule has 1 heterocycles. The Morgan fingerprint density at radius 1 is 1.06 bits per heavy atom. The van der Waals surface area contributed by atoms with E-state index in [1.54, 1.807) is 0 Å². The number of hydrogen-bond acceptors (Lipinski definition) is 9. The number of piperidine rings is 1. The highest BCUT2D eigenvalue weighted by molar-refractivity contribution is 4.95. The predicted octanol–water partition coefficient (Wildman–Crippen LogP) is -3.03. The summed E-state index contributed by atoms with van der Waals surface area (Å²) in [6.07, 6.45) is -1.55. The van der Waals surface area contributed by atoms with Gasteiger partial charge in [0.1, 0.15) is 18.3 Å². The molecule has 1 saturated heterocycles. The van der Waals surface area contributed by atoms with Crippen molar-refractivity contribution in [2.45, 2.75) is 24.4 Å². The summed E-state index contributed by atoms with van der Waals surface area (Å²) in [5, 5.41) is 0. The van der Waals surface area contributed by atoms with Crippen LogP contribution in [0.3, 0.4) is 0 Å². The maximum absolute atomic E-state index is 5.21. The van der Waals surface area contributed by atoms with E-state index in [1.807, 2.05) is 11.9 Å². The van der Waals surface area contributed by atoms with Crippen molar-refractivity contribution >= 4 is 0 Å². The van der Waals surface area contributed by atoms with Crippen LogP contribution >= 0.6 is 0 Å². The molecule has 0 aromatic rings. The quantitative estimate of drug-likeness (QED) is 0.367. The Morgan fingerprint density at radius 3 is 2.12 bits per heavy atom. The minimum atomic E-state index is -0.577. The van der Waals surface area contributed by atoms with Crippen molar-refractivity contribution < 1.29 is 19.4 Å². The van der Waals surface area contributed by atoms with Crippen molar-refractivity contribution in [2.24, 2.45) is 23.6 Å². The Kier molecular flexibility index (Phi) is 5.48. The summed E-state index contributed by atoms with van der Waals surface area (Å²) in [6.45, 7) is 0.738. The molecule has 0 amide bonds. The van der Waals surface area contributed by atoms with E-state index in [4.69, 9.17) is 38.1 Å². The van der Waals surface area contributed by atoms with Crippen LogP contribution in [0.5, 0.6) is 0 Å². The maximum atomic E-state index is 5.21. The Hall–Kier alpha value is -0.360. The fourth-order valence-corrected chi connectivity index (χ4v) is 1.98. The van der Waals surface area contributed by atoms with Crippen LogP contribution in [0.15, 0.2) is 0 Å². The van der Waals surface area contributed by atoms with E-state index in [0.29, 0.717) is 6.54 Å². The van der Waals surface area contributed by atoms with Crippen molar-refractivity contribution in [3.05, 3.63) is 0 Å². The highest BCUT2D eigenvalue weighted by Gasteiger charge is 2.44. The van der Waals surface area contributed by atoms with Crippen molar-refractivity contribution in [2.75, 3.05) is 20.2 Å². The third-order valence-electron chi connectivity index (χ3n) is 2.86. The predicted molar refractivity (Wildman–Crippen MR) is 53.7 cm³/mol. The van der Waals surface area contributed by atoms with Crippen LogP contribution in [0.25, 0.3) is 0 Å². The van der Waals surface area contributed by atoms with Gasteiger partial charge >= 0.3 is 0 Å². The van der Waals surface area contributed by atoms with E-state index < -0.39 is 18.3 Å². The fourth-order valence-electron chi connectivity index (χ4n) is 1.98. The number of hydrogen-bond donors (Lipinski definition) is 4. The van der Waals surface area contributed by atoms with Crippen LogP contribution in [0.1, 0.15) is 0 Å². The number of nitrogens with zero attached hydrogens (tertiary/aromatic N) is 1. The first-order chi connectivity index (χ1) is 7.69. The highest BCUT2D eigenvalue weighted by atomic mass is 16.7. The van der Waals surface area contributed by atoms with Gasteiger partial charge in [-0.3, -0.25) is 19.4 Å². The van der Waals surface area contributed by atoms with Crippen molar-refractivity contribution in [3.8, 4) is 0 Å². The molecule has 9 nitrogen and oxygen atoms in total. The largest absolute Gasteiger partial charge is 0.303 e. The summed E-state index contributed by atoms with van der Waals surface area (Å²) >= 11 is 0. The first-order valence-electron chi connectivity index (χ1n) is 4.78. The summed E-state index contributed by atoms with van der Waals surface area (Å²) in [5.41, 5.74) is 0. The van der Waals surface area contributed by atoms with E-state index in [1.165, 1.54) is 0 Å². The second kappa shape index (κ2) is 6.39. The minimum absolute atomic E-state index is 0.185. The number of nitrogens with two attached hydrogens (primary N) is 4. The summed E-state index contributed by atoms with van der Waals surface area (Å²) in [4.78, 5) is 20.9. The van der Waals surface area contributed by atoms with Gasteiger partial charge in [0.15, 0.2) is 0 Å². The van der Waals surface area contributed by atoms with E-state index in [9.17, 15) is 0 Å². The van der Waals surface area contributed by atoms with Crippen LogP contribution < -0.4 is 23.6 Å². The molecule has 4 unspecified atom stereocenters. The van der Waals surface area contributed by atoms with Crippen LogP contribution in [0, 0.1) is 0 Å². The van der Waals surface area contributed by atoms with E-state index in [-0.39, 0.29) is 12.6 Å². The van der Waals surface area contributed by atoms with Gasteiger partial charge in [-0.2, -0.15) is 0 Å². The SMILES string of the molecule is CN1CC(ON)C(ON)C(ON)C1CON. The molecule has 0 aromatic carbocycles. The average molecular weight is 237 g/mol. The monoisotopic (exact) mass is 237 g/mol. The standard InChI is InChI=1S/C7H19N5O4/c1-12-2-5(14-9)7(16-11)6(15-10)4(12)3-13-8/h4-7H,2-3,8-11H2,1H3. The van der Waals surface area contributed by atoms with Crippen molar-refractivity contribution in [3.63, 3.8) is 0 Å². The minimum Gasteiger partial charge on any atom is -0.303 e. The van der Waals surface area contributed by atoms with Crippen LogP contribution in [-0.4, -0.2) is 49.5 Å². The zero-order valence-electron chi connectivity index (χ0n) is 9.11. The number of likely N-dealkylation sites (tertiary alicyclic amines) is 1. The van der Waals surface area contributed by atoms with Gasteiger partial charge in [-0.05, 0) is 7.05 Å². The molecule has 0 radical (unpaired) electrons. The third kappa shape index (κ3) is 2.66. The molecule has 1 rings (SSSR count). The molecule has 0 bridgehead atoms. The summed E-state index contributed by atoms with van der Waals surface area (Å²) in [7, 11) is 1.84. The Morgan fingerprint density at radius 2 is 1.69 bits per heavy atom. The van der Waals surface area contributed by atoms with Gasteiger partial charge in [-0.1, -0.05) is 0 Å². The van der Waals surface area contributed by atoms with Gasteiger partial charge in [-0.25, -0.2) is 23.6 Å². The van der Waals surface area contributed by atoms with Gasteiger partial charge in [-0.15, -0.1) is 0 Å². The Bertz CT molecular complexity index is 207. The summed E-state index contributed by atoms with van der Waals surface area (Å²) < 4.78 is 0. The normalized spacial score (nSPS) is 36.6. The van der Waals surface area contributed by atoms with Crippen LogP contribution in [0.4, 0.5) is 0 Å². The van der Waals surface area contributed by atoms with Gasteiger partial charge in [0.2, 0.25) is 0 Å². The van der Waals surface area contributed by atoms with Gasteiger partial charge in [0.05, 0.1) is 12.6 Å². The molecule has 0 aromatic heterocycles. The Balaban J connectivity index is 2.79. The zero-order chi connectivity index (χ0) is 12.1. The molecule has 9 heteroatoms. The Labute approximate surface area is 93.3 Å². The summed E-state index contributed by atoms with van der Waals surface area (Å²) in [5.74, 6) is 20.6. The van der Waals surface area contributed by atoms with E-state index in [2.05, 4.69) is 4.84 Å². The van der Waals surface area contributed by atoms with E-state index >= 15 is 0 Å². The first kappa shape index (κ1) is 13.7. The first-order valence-corrected chi connectivity index (χ1v) is 4.78. The fraction of sp³-hybridized carbons (Fsp3) is 1.00. The van der Waals surface area contributed by atoms with E-state index in [0.717, 1.165) is 0 Å². The molecule has 1 fully saturated rings. The topological polar surface area (TPSA) is 144 Å². The smallest absolute Gasteiger partial charge is 0.138 e. The lowest BCUT2D eigenvalue weighted by Gasteiger charge is -2.44. The van der Waals surface area contributed by atoms with Gasteiger partial charge in [0, 0.05) is 6.54 Å². The molecule has 96 valence electrons. The number of rotatable bonds is 5. The summed E-state index contributed by atoms with van der Waals surface area (Å²) in [6, 6.07) is -0.185. The lowest BCUT2D eigenvalue weighted by molar-refractivity contribution is -0.201. The second-order valence-electron chi connectivity index (χ2n) is 3.72. The molecular weight excluding hydrogens is 218 g/mol. The molecule has 8 N–H and O–H groups in total. The van der Waals surface area contributed by atoms with Crippen LogP contribution in [0.2, 0.25) is 0 Å². The maximum Gasteiger partial charge on any atom is 0.138 e. The van der Waals surface area contributed by atoms with Crippen LogP contribution in [-0.2, 0) is 19.4 Å². The average Bonchev–Trinajstić information content (AvgIpc) is 2.30. The molecule has 4 atom stereocenters. The molecular formula is C7H19N5O4. The second-order valence-corrected chi connectivity index (χ2v) is 3.72. The molecule has 0 aliphatic carbocycles. The number of likely N-dealkylation sites (N-methyl/N-ethyl adjacent to an activating group) is 1. The molecule has 1 aliphatic rings. The zero-order valence-corrected chi connectivity index (χ0v) is 9.11. The molecule has 1 aliphatic heterocycles. The van der Waals surface area contributed by atoms with Crippen molar-refractivity contribution in [1.29, 1.82) is 0 Å².